The highest BCUT2D eigenvalue weighted by Crippen LogP contribution is 2.41. The molecule has 16 heavy (non-hydrogen) atoms. The number of aliphatic hydroxyl groups is 1. The molecule has 1 aliphatic carbocycles. The lowest BCUT2D eigenvalue weighted by Gasteiger charge is -2.35. The van der Waals surface area contributed by atoms with Crippen molar-refractivity contribution in [1.29, 1.82) is 0 Å². The lowest BCUT2D eigenvalue weighted by molar-refractivity contribution is -0.0340. The van der Waals surface area contributed by atoms with E-state index < -0.39 is 5.60 Å². The van der Waals surface area contributed by atoms with Crippen LogP contribution in [0.3, 0.4) is 0 Å². The van der Waals surface area contributed by atoms with Crippen molar-refractivity contribution in [1.82, 2.24) is 0 Å². The summed E-state index contributed by atoms with van der Waals surface area (Å²) in [4.78, 5) is 0. The van der Waals surface area contributed by atoms with Gasteiger partial charge in [0.2, 0.25) is 0 Å². The Kier molecular flexibility index (Phi) is 4.81. The molecule has 2 unspecified atom stereocenters. The van der Waals surface area contributed by atoms with E-state index in [2.05, 4.69) is 20.8 Å². The summed E-state index contributed by atoms with van der Waals surface area (Å²) in [6, 6.07) is 0. The number of hydrogen-bond acceptors (Lipinski definition) is 2. The molecule has 2 nitrogen and oxygen atoms in total. The van der Waals surface area contributed by atoms with Crippen LogP contribution in [-0.2, 0) is 0 Å². The normalized spacial score (nSPS) is 32.1. The summed E-state index contributed by atoms with van der Waals surface area (Å²) in [7, 11) is 0. The van der Waals surface area contributed by atoms with Gasteiger partial charge in [0.1, 0.15) is 0 Å². The van der Waals surface area contributed by atoms with Gasteiger partial charge in [-0.05, 0) is 50.0 Å². The molecule has 1 saturated carbocycles. The fourth-order valence-electron chi connectivity index (χ4n) is 3.04. The van der Waals surface area contributed by atoms with E-state index in [0.717, 1.165) is 38.5 Å². The van der Waals surface area contributed by atoms with Gasteiger partial charge in [0.15, 0.2) is 0 Å². The first kappa shape index (κ1) is 14.0. The van der Waals surface area contributed by atoms with Crippen molar-refractivity contribution in [2.45, 2.75) is 71.3 Å². The van der Waals surface area contributed by atoms with Gasteiger partial charge in [-0.15, -0.1) is 0 Å². The van der Waals surface area contributed by atoms with Crippen LogP contribution < -0.4 is 5.73 Å². The average molecular weight is 227 g/mol. The molecule has 0 radical (unpaired) electrons. The average Bonchev–Trinajstić information content (AvgIpc) is 2.35. The maximum absolute atomic E-state index is 10.8. The van der Waals surface area contributed by atoms with Crippen LogP contribution in [0.15, 0.2) is 0 Å². The summed E-state index contributed by atoms with van der Waals surface area (Å²) < 4.78 is 0. The third kappa shape index (κ3) is 3.46. The topological polar surface area (TPSA) is 46.2 Å². The van der Waals surface area contributed by atoms with E-state index in [1.165, 1.54) is 6.42 Å². The molecule has 0 saturated heterocycles. The Balaban J connectivity index is 2.68. The van der Waals surface area contributed by atoms with Gasteiger partial charge in [-0.25, -0.2) is 0 Å². The first-order valence-electron chi connectivity index (χ1n) is 6.86. The molecule has 0 aromatic heterocycles. The number of rotatable bonds is 4. The van der Waals surface area contributed by atoms with Crippen LogP contribution in [-0.4, -0.2) is 17.3 Å². The largest absolute Gasteiger partial charge is 0.390 e. The molecule has 0 heterocycles. The molecule has 1 aliphatic rings. The van der Waals surface area contributed by atoms with Gasteiger partial charge in [0.25, 0.3) is 0 Å². The highest BCUT2D eigenvalue weighted by atomic mass is 16.3. The molecule has 2 atom stereocenters. The summed E-state index contributed by atoms with van der Waals surface area (Å²) in [6.07, 6.45) is 7.56. The quantitative estimate of drug-likeness (QED) is 0.725. The van der Waals surface area contributed by atoms with Crippen molar-refractivity contribution >= 4 is 0 Å². The zero-order valence-electron chi connectivity index (χ0n) is 11.3. The van der Waals surface area contributed by atoms with Crippen molar-refractivity contribution in [3.63, 3.8) is 0 Å². The summed E-state index contributed by atoms with van der Waals surface area (Å²) in [5.41, 5.74) is 5.74. The fraction of sp³-hybridized carbons (Fsp3) is 1.00. The molecule has 2 heteroatoms. The van der Waals surface area contributed by atoms with Gasteiger partial charge >= 0.3 is 0 Å². The SMILES string of the molecule is CCCC(CN)C1(O)CCCC(C)(C)CC1. The Morgan fingerprint density at radius 1 is 1.19 bits per heavy atom. The van der Waals surface area contributed by atoms with Crippen LogP contribution in [0.5, 0.6) is 0 Å². The third-order valence-electron chi connectivity index (χ3n) is 4.38. The van der Waals surface area contributed by atoms with E-state index in [0.29, 0.717) is 17.9 Å². The minimum atomic E-state index is -0.488. The zero-order valence-corrected chi connectivity index (χ0v) is 11.3. The summed E-state index contributed by atoms with van der Waals surface area (Å²) in [6.45, 7) is 7.43. The predicted octanol–water partition coefficient (Wildman–Crippen LogP) is 3.08. The Morgan fingerprint density at radius 3 is 2.44 bits per heavy atom. The van der Waals surface area contributed by atoms with E-state index in [1.807, 2.05) is 0 Å². The molecule has 0 amide bonds. The van der Waals surface area contributed by atoms with Gasteiger partial charge in [0, 0.05) is 0 Å². The molecule has 96 valence electrons. The highest BCUT2D eigenvalue weighted by Gasteiger charge is 2.38. The molecule has 0 bridgehead atoms. The van der Waals surface area contributed by atoms with E-state index in [4.69, 9.17) is 5.73 Å². The molecule has 3 N–H and O–H groups in total. The summed E-state index contributed by atoms with van der Waals surface area (Å²) >= 11 is 0. The van der Waals surface area contributed by atoms with Crippen molar-refractivity contribution in [3.8, 4) is 0 Å². The standard InChI is InChI=1S/C14H29NO/c1-4-6-12(11-15)14(16)8-5-7-13(2,3)9-10-14/h12,16H,4-11,15H2,1-3H3. The lowest BCUT2D eigenvalue weighted by Crippen LogP contribution is -2.41. The molecule has 0 spiro atoms. The summed E-state index contributed by atoms with van der Waals surface area (Å²) in [5, 5.41) is 10.8. The molecular weight excluding hydrogens is 198 g/mol. The lowest BCUT2D eigenvalue weighted by atomic mass is 9.77. The van der Waals surface area contributed by atoms with Crippen molar-refractivity contribution in [2.24, 2.45) is 17.1 Å². The Morgan fingerprint density at radius 2 is 1.88 bits per heavy atom. The Hall–Kier alpha value is -0.0800. The minimum absolute atomic E-state index is 0.298. The van der Waals surface area contributed by atoms with Crippen LogP contribution in [0, 0.1) is 11.3 Å². The first-order valence-corrected chi connectivity index (χ1v) is 6.86. The van der Waals surface area contributed by atoms with Gasteiger partial charge in [-0.1, -0.05) is 33.6 Å². The number of nitrogens with two attached hydrogens (primary N) is 1. The maximum Gasteiger partial charge on any atom is 0.0688 e. The maximum atomic E-state index is 10.8. The van der Waals surface area contributed by atoms with E-state index in [9.17, 15) is 5.11 Å². The smallest absolute Gasteiger partial charge is 0.0688 e. The molecule has 0 aromatic carbocycles. The summed E-state index contributed by atoms with van der Waals surface area (Å²) in [5.74, 6) is 0.298. The highest BCUT2D eigenvalue weighted by molar-refractivity contribution is 4.91. The predicted molar refractivity (Wildman–Crippen MR) is 69.3 cm³/mol. The van der Waals surface area contributed by atoms with E-state index in [-0.39, 0.29) is 0 Å². The second-order valence-electron chi connectivity index (χ2n) is 6.34. The second kappa shape index (κ2) is 5.50. The van der Waals surface area contributed by atoms with Gasteiger partial charge in [0.05, 0.1) is 5.60 Å². The molecule has 1 fully saturated rings. The van der Waals surface area contributed by atoms with Crippen LogP contribution in [0.25, 0.3) is 0 Å². The van der Waals surface area contributed by atoms with Crippen molar-refractivity contribution < 1.29 is 5.11 Å². The van der Waals surface area contributed by atoms with Gasteiger partial charge in [-0.2, -0.15) is 0 Å². The molecule has 0 aliphatic heterocycles. The van der Waals surface area contributed by atoms with Crippen LogP contribution in [0.2, 0.25) is 0 Å². The number of hydrogen-bond donors (Lipinski definition) is 2. The molecule has 0 aromatic rings. The first-order chi connectivity index (χ1) is 7.43. The molecular formula is C14H29NO. The van der Waals surface area contributed by atoms with Crippen LogP contribution in [0.1, 0.15) is 65.7 Å². The third-order valence-corrected chi connectivity index (χ3v) is 4.38. The monoisotopic (exact) mass is 227 g/mol. The van der Waals surface area contributed by atoms with Crippen molar-refractivity contribution in [2.75, 3.05) is 6.54 Å². The minimum Gasteiger partial charge on any atom is -0.390 e. The van der Waals surface area contributed by atoms with Crippen LogP contribution in [0.4, 0.5) is 0 Å². The van der Waals surface area contributed by atoms with E-state index in [1.54, 1.807) is 0 Å². The molecule has 1 rings (SSSR count). The van der Waals surface area contributed by atoms with Gasteiger partial charge in [-0.3, -0.25) is 0 Å². The Bertz CT molecular complexity index is 215. The van der Waals surface area contributed by atoms with Gasteiger partial charge < -0.3 is 10.8 Å². The zero-order chi connectivity index (χ0) is 12.2. The Labute approximate surface area is 101 Å². The second-order valence-corrected chi connectivity index (χ2v) is 6.34. The van der Waals surface area contributed by atoms with E-state index >= 15 is 0 Å². The van der Waals surface area contributed by atoms with Crippen LogP contribution >= 0.6 is 0 Å². The fourth-order valence-corrected chi connectivity index (χ4v) is 3.04. The van der Waals surface area contributed by atoms with Crippen molar-refractivity contribution in [3.05, 3.63) is 0 Å².